The van der Waals surface area contributed by atoms with E-state index < -0.39 is 11.9 Å². The van der Waals surface area contributed by atoms with Crippen LogP contribution in [0.15, 0.2) is 53.3 Å². The number of carbonyl (C=O) groups is 3. The lowest BCUT2D eigenvalue weighted by molar-refractivity contribution is -0.124. The van der Waals surface area contributed by atoms with Gasteiger partial charge in [-0.3, -0.25) is 14.4 Å². The van der Waals surface area contributed by atoms with Crippen LogP contribution in [0.2, 0.25) is 0 Å². The number of aromatic nitrogens is 2. The SMILES string of the molecule is CNC(=O)C(NC(=O)c1ccc(-c2ccc(NC(=O)c3cncn3C)cc2)o1)C1CCCCC1. The van der Waals surface area contributed by atoms with Crippen LogP contribution < -0.4 is 16.0 Å². The molecule has 1 unspecified atom stereocenters. The van der Waals surface area contributed by atoms with Crippen LogP contribution in [-0.4, -0.2) is 40.4 Å². The zero-order chi connectivity index (χ0) is 24.1. The van der Waals surface area contributed by atoms with Gasteiger partial charge in [0.25, 0.3) is 11.8 Å². The van der Waals surface area contributed by atoms with Crippen LogP contribution in [-0.2, 0) is 11.8 Å². The summed E-state index contributed by atoms with van der Waals surface area (Å²) in [5, 5.41) is 8.35. The van der Waals surface area contributed by atoms with Crippen LogP contribution in [0, 0.1) is 5.92 Å². The fraction of sp³-hybridized carbons (Fsp3) is 0.360. The van der Waals surface area contributed by atoms with E-state index in [-0.39, 0.29) is 23.5 Å². The second kappa shape index (κ2) is 10.4. The summed E-state index contributed by atoms with van der Waals surface area (Å²) in [5.41, 5.74) is 1.84. The lowest BCUT2D eigenvalue weighted by Crippen LogP contribution is -2.50. The van der Waals surface area contributed by atoms with Crippen LogP contribution in [0.1, 0.15) is 53.1 Å². The van der Waals surface area contributed by atoms with Crippen molar-refractivity contribution in [2.24, 2.45) is 13.0 Å². The van der Waals surface area contributed by atoms with Gasteiger partial charge in [0, 0.05) is 25.3 Å². The Labute approximate surface area is 197 Å². The quantitative estimate of drug-likeness (QED) is 0.497. The highest BCUT2D eigenvalue weighted by Crippen LogP contribution is 2.28. The van der Waals surface area contributed by atoms with E-state index in [0.717, 1.165) is 37.7 Å². The Morgan fingerprint density at radius 3 is 2.41 bits per heavy atom. The van der Waals surface area contributed by atoms with Gasteiger partial charge in [0.15, 0.2) is 5.76 Å². The number of hydrogen-bond acceptors (Lipinski definition) is 5. The number of nitrogens with one attached hydrogen (secondary N) is 3. The van der Waals surface area contributed by atoms with E-state index >= 15 is 0 Å². The van der Waals surface area contributed by atoms with Crippen molar-refractivity contribution < 1.29 is 18.8 Å². The van der Waals surface area contributed by atoms with E-state index in [1.54, 1.807) is 61.4 Å². The Morgan fingerprint density at radius 1 is 1.03 bits per heavy atom. The van der Waals surface area contributed by atoms with Gasteiger partial charge in [-0.15, -0.1) is 0 Å². The van der Waals surface area contributed by atoms with Crippen molar-refractivity contribution in [3.63, 3.8) is 0 Å². The summed E-state index contributed by atoms with van der Waals surface area (Å²) in [6, 6.07) is 9.86. The highest BCUT2D eigenvalue weighted by Gasteiger charge is 2.31. The maximum atomic E-state index is 12.8. The van der Waals surface area contributed by atoms with Gasteiger partial charge in [-0.25, -0.2) is 4.98 Å². The molecule has 0 saturated heterocycles. The molecule has 3 N–H and O–H groups in total. The number of anilines is 1. The largest absolute Gasteiger partial charge is 0.451 e. The molecule has 1 saturated carbocycles. The zero-order valence-corrected chi connectivity index (χ0v) is 19.3. The topological polar surface area (TPSA) is 118 Å². The summed E-state index contributed by atoms with van der Waals surface area (Å²) < 4.78 is 7.43. The molecule has 34 heavy (non-hydrogen) atoms. The van der Waals surface area contributed by atoms with Gasteiger partial charge in [-0.1, -0.05) is 19.3 Å². The first-order valence-electron chi connectivity index (χ1n) is 11.5. The van der Waals surface area contributed by atoms with Crippen molar-refractivity contribution in [1.29, 1.82) is 0 Å². The third-order valence-electron chi connectivity index (χ3n) is 6.24. The van der Waals surface area contributed by atoms with Gasteiger partial charge in [0.2, 0.25) is 5.91 Å². The van der Waals surface area contributed by atoms with Gasteiger partial charge in [0.05, 0.1) is 12.5 Å². The van der Waals surface area contributed by atoms with E-state index in [1.165, 1.54) is 6.20 Å². The maximum Gasteiger partial charge on any atom is 0.287 e. The van der Waals surface area contributed by atoms with Gasteiger partial charge in [-0.2, -0.15) is 0 Å². The molecule has 3 aromatic rings. The second-order valence-corrected chi connectivity index (χ2v) is 8.55. The number of aryl methyl sites for hydroxylation is 1. The monoisotopic (exact) mass is 463 g/mol. The van der Waals surface area contributed by atoms with Gasteiger partial charge in [-0.05, 0) is 55.2 Å². The molecule has 178 valence electrons. The lowest BCUT2D eigenvalue weighted by Gasteiger charge is -2.29. The highest BCUT2D eigenvalue weighted by molar-refractivity contribution is 6.03. The molecular weight excluding hydrogens is 434 g/mol. The number of nitrogens with zero attached hydrogens (tertiary/aromatic N) is 2. The molecule has 1 fully saturated rings. The lowest BCUT2D eigenvalue weighted by atomic mass is 9.83. The Hall–Kier alpha value is -3.88. The second-order valence-electron chi connectivity index (χ2n) is 8.55. The zero-order valence-electron chi connectivity index (χ0n) is 19.3. The number of rotatable bonds is 7. The summed E-state index contributed by atoms with van der Waals surface area (Å²) in [5.74, 6) is -0.0621. The van der Waals surface area contributed by atoms with Crippen LogP contribution in [0.3, 0.4) is 0 Å². The maximum absolute atomic E-state index is 12.8. The number of hydrogen-bond donors (Lipinski definition) is 3. The molecule has 0 aliphatic heterocycles. The fourth-order valence-corrected chi connectivity index (χ4v) is 4.34. The van der Waals surface area contributed by atoms with Crippen LogP contribution in [0.25, 0.3) is 11.3 Å². The molecular formula is C25H29N5O4. The smallest absolute Gasteiger partial charge is 0.287 e. The predicted octanol–water partition coefficient (Wildman–Crippen LogP) is 3.36. The molecule has 1 aliphatic carbocycles. The van der Waals surface area contributed by atoms with Gasteiger partial charge < -0.3 is 24.9 Å². The summed E-state index contributed by atoms with van der Waals surface area (Å²) >= 11 is 0. The van der Waals surface area contributed by atoms with Crippen molar-refractivity contribution >= 4 is 23.4 Å². The van der Waals surface area contributed by atoms with E-state index in [9.17, 15) is 14.4 Å². The fourth-order valence-electron chi connectivity index (χ4n) is 4.34. The molecule has 1 aliphatic rings. The van der Waals surface area contributed by atoms with Crippen molar-refractivity contribution in [3.8, 4) is 11.3 Å². The van der Waals surface area contributed by atoms with Crippen LogP contribution in [0.4, 0.5) is 5.69 Å². The minimum Gasteiger partial charge on any atom is -0.451 e. The minimum absolute atomic E-state index is 0.126. The number of furan rings is 1. The Morgan fingerprint density at radius 2 is 1.76 bits per heavy atom. The molecule has 4 rings (SSSR count). The number of imidazole rings is 1. The van der Waals surface area contributed by atoms with E-state index in [1.807, 2.05) is 0 Å². The standard InChI is InChI=1S/C25H29N5O4/c1-26-25(33)22(17-6-4-3-5-7-17)29-24(32)21-13-12-20(34-21)16-8-10-18(11-9-16)28-23(31)19-14-27-15-30(19)2/h8-15,17,22H,3-7H2,1-2H3,(H,26,33)(H,28,31)(H,29,32). The molecule has 0 radical (unpaired) electrons. The van der Waals surface area contributed by atoms with Crippen LogP contribution >= 0.6 is 0 Å². The first-order chi connectivity index (χ1) is 16.5. The van der Waals surface area contributed by atoms with Crippen molar-refractivity contribution in [2.75, 3.05) is 12.4 Å². The molecule has 2 heterocycles. The van der Waals surface area contributed by atoms with E-state index in [2.05, 4.69) is 20.9 Å². The first-order valence-corrected chi connectivity index (χ1v) is 11.5. The molecule has 0 bridgehead atoms. The molecule has 9 heteroatoms. The summed E-state index contributed by atoms with van der Waals surface area (Å²) in [6.07, 6.45) is 8.21. The average Bonchev–Trinajstić information content (AvgIpc) is 3.52. The summed E-state index contributed by atoms with van der Waals surface area (Å²) in [6.45, 7) is 0. The molecule has 1 atom stereocenters. The van der Waals surface area contributed by atoms with E-state index in [0.29, 0.717) is 17.1 Å². The summed E-state index contributed by atoms with van der Waals surface area (Å²) in [7, 11) is 3.33. The molecule has 3 amide bonds. The molecule has 2 aromatic heterocycles. The predicted molar refractivity (Wildman–Crippen MR) is 127 cm³/mol. The third kappa shape index (κ3) is 5.19. The number of amides is 3. The van der Waals surface area contributed by atoms with Gasteiger partial charge >= 0.3 is 0 Å². The summed E-state index contributed by atoms with van der Waals surface area (Å²) in [4.78, 5) is 41.5. The normalized spacial score (nSPS) is 14.9. The van der Waals surface area contributed by atoms with Gasteiger partial charge in [0.1, 0.15) is 17.5 Å². The highest BCUT2D eigenvalue weighted by atomic mass is 16.4. The molecule has 1 aromatic carbocycles. The van der Waals surface area contributed by atoms with E-state index in [4.69, 9.17) is 4.42 Å². The average molecular weight is 464 g/mol. The molecule has 0 spiro atoms. The number of carbonyl (C=O) groups excluding carboxylic acids is 3. The first kappa shape index (κ1) is 23.3. The van der Waals surface area contributed by atoms with Crippen molar-refractivity contribution in [2.45, 2.75) is 38.1 Å². The molecule has 9 nitrogen and oxygen atoms in total. The third-order valence-corrected chi connectivity index (χ3v) is 6.24. The van der Waals surface area contributed by atoms with Crippen molar-refractivity contribution in [1.82, 2.24) is 20.2 Å². The number of likely N-dealkylation sites (N-methyl/N-ethyl adjacent to an activating group) is 1. The van der Waals surface area contributed by atoms with Crippen molar-refractivity contribution in [3.05, 3.63) is 60.4 Å². The Bertz CT molecular complexity index is 1160. The Balaban J connectivity index is 1.41. The van der Waals surface area contributed by atoms with Crippen LogP contribution in [0.5, 0.6) is 0 Å². The minimum atomic E-state index is -0.575. The Kier molecular flexibility index (Phi) is 7.10. The number of benzene rings is 1.